The Balaban J connectivity index is 2.18. The fraction of sp³-hybridized carbons (Fsp3) is 0.286. The number of hydrogen-bond acceptors (Lipinski definition) is 6. The number of nitrogens with zero attached hydrogens (tertiary/aromatic N) is 2. The second kappa shape index (κ2) is 11.0. The Hall–Kier alpha value is -2.93. The molecule has 0 unspecified atom stereocenters. The number of para-hydroxylation sites is 1. The van der Waals surface area contributed by atoms with Gasteiger partial charge in [0.2, 0.25) is 5.71 Å². The second-order valence-corrected chi connectivity index (χ2v) is 6.14. The van der Waals surface area contributed by atoms with Gasteiger partial charge in [-0.3, -0.25) is 0 Å². The molecule has 0 heterocycles. The molecule has 1 N–H and O–H groups in total. The van der Waals surface area contributed by atoms with E-state index in [9.17, 15) is 4.79 Å². The van der Waals surface area contributed by atoms with Gasteiger partial charge in [-0.2, -0.15) is 5.10 Å². The van der Waals surface area contributed by atoms with Gasteiger partial charge in [0.25, 0.3) is 0 Å². The molecule has 0 radical (unpaired) electrons. The van der Waals surface area contributed by atoms with Crippen LogP contribution in [0.5, 0.6) is 5.75 Å². The molecule has 0 aliphatic carbocycles. The van der Waals surface area contributed by atoms with Crippen LogP contribution in [0.1, 0.15) is 19.4 Å². The second-order valence-electron chi connectivity index (χ2n) is 5.75. The molecule has 0 fully saturated rings. The molecule has 2 aromatic carbocycles. The van der Waals surface area contributed by atoms with Crippen LogP contribution >= 0.6 is 12.2 Å². The van der Waals surface area contributed by atoms with Crippen LogP contribution in [-0.4, -0.2) is 36.9 Å². The van der Waals surface area contributed by atoms with Crippen molar-refractivity contribution < 1.29 is 14.3 Å². The standard InChI is InChI=1S/C21H25N3O3S/c1-4-24(17-9-7-6-8-10-17)20(28)19(21(25)27-5-2)23-22-15-16-11-13-18(26-3)14-12-16/h6-14,22H,4-5,15H2,1-3H3. The summed E-state index contributed by atoms with van der Waals surface area (Å²) < 4.78 is 10.3. The molecule has 0 saturated heterocycles. The molecule has 7 heteroatoms. The van der Waals surface area contributed by atoms with E-state index in [0.717, 1.165) is 17.0 Å². The Morgan fingerprint density at radius 3 is 2.36 bits per heavy atom. The third kappa shape index (κ3) is 5.79. The molecule has 0 bridgehead atoms. The summed E-state index contributed by atoms with van der Waals surface area (Å²) in [4.78, 5) is 14.6. The topological polar surface area (TPSA) is 63.2 Å². The van der Waals surface area contributed by atoms with E-state index < -0.39 is 5.97 Å². The predicted molar refractivity (Wildman–Crippen MR) is 116 cm³/mol. The fourth-order valence-electron chi connectivity index (χ4n) is 2.51. The van der Waals surface area contributed by atoms with Crippen molar-refractivity contribution in [2.75, 3.05) is 25.2 Å². The fourth-order valence-corrected chi connectivity index (χ4v) is 2.88. The summed E-state index contributed by atoms with van der Waals surface area (Å²) in [5.41, 5.74) is 4.89. The minimum absolute atomic E-state index is 0.0797. The van der Waals surface area contributed by atoms with E-state index in [1.807, 2.05) is 66.4 Å². The van der Waals surface area contributed by atoms with Crippen LogP contribution in [0.4, 0.5) is 5.69 Å². The number of anilines is 1. The molecule has 6 nitrogen and oxygen atoms in total. The first-order valence-corrected chi connectivity index (χ1v) is 9.49. The minimum Gasteiger partial charge on any atom is -0.497 e. The van der Waals surface area contributed by atoms with Crippen LogP contribution in [0.3, 0.4) is 0 Å². The first-order chi connectivity index (χ1) is 13.6. The maximum atomic E-state index is 12.4. The van der Waals surface area contributed by atoms with Crippen LogP contribution in [0.2, 0.25) is 0 Å². The monoisotopic (exact) mass is 399 g/mol. The average molecular weight is 400 g/mol. The van der Waals surface area contributed by atoms with Gasteiger partial charge in [0, 0.05) is 12.2 Å². The summed E-state index contributed by atoms with van der Waals surface area (Å²) in [5, 5.41) is 4.25. The number of ether oxygens (including phenoxy) is 2. The van der Waals surface area contributed by atoms with Crippen molar-refractivity contribution in [2.24, 2.45) is 5.10 Å². The SMILES string of the molecule is CCOC(=O)C(=NNCc1ccc(OC)cc1)C(=S)N(CC)c1ccccc1. The van der Waals surface area contributed by atoms with Crippen molar-refractivity contribution >= 4 is 34.6 Å². The molecule has 2 aromatic rings. The summed E-state index contributed by atoms with van der Waals surface area (Å²) in [5.74, 6) is 0.228. The number of methoxy groups -OCH3 is 1. The number of nitrogens with one attached hydrogen (secondary N) is 1. The van der Waals surface area contributed by atoms with Gasteiger partial charge in [-0.1, -0.05) is 42.5 Å². The number of hydrazone groups is 1. The molecule has 0 atom stereocenters. The highest BCUT2D eigenvalue weighted by Gasteiger charge is 2.24. The van der Waals surface area contributed by atoms with Gasteiger partial charge in [-0.25, -0.2) is 4.79 Å². The molecule has 28 heavy (non-hydrogen) atoms. The lowest BCUT2D eigenvalue weighted by Crippen LogP contribution is -2.40. The van der Waals surface area contributed by atoms with Gasteiger partial charge in [0.1, 0.15) is 10.7 Å². The Morgan fingerprint density at radius 1 is 1.11 bits per heavy atom. The Kier molecular flexibility index (Phi) is 8.42. The quantitative estimate of drug-likeness (QED) is 0.301. The molecule has 0 aromatic heterocycles. The van der Waals surface area contributed by atoms with Gasteiger partial charge in [0.15, 0.2) is 0 Å². The predicted octanol–water partition coefficient (Wildman–Crippen LogP) is 3.56. The van der Waals surface area contributed by atoms with E-state index in [2.05, 4.69) is 10.5 Å². The zero-order chi connectivity index (χ0) is 20.4. The number of thiocarbonyl (C=S) groups is 1. The Morgan fingerprint density at radius 2 is 1.79 bits per heavy atom. The minimum atomic E-state index is -0.552. The Labute approximate surface area is 171 Å². The van der Waals surface area contributed by atoms with E-state index in [1.54, 1.807) is 14.0 Å². The van der Waals surface area contributed by atoms with Crippen LogP contribution in [0, 0.1) is 0 Å². The molecule has 0 amide bonds. The van der Waals surface area contributed by atoms with Gasteiger partial charge in [-0.05, 0) is 43.7 Å². The maximum Gasteiger partial charge on any atom is 0.361 e. The number of benzene rings is 2. The first kappa shape index (κ1) is 21.4. The van der Waals surface area contributed by atoms with Crippen LogP contribution in [-0.2, 0) is 16.1 Å². The zero-order valence-corrected chi connectivity index (χ0v) is 17.2. The van der Waals surface area contributed by atoms with Crippen molar-refractivity contribution in [3.63, 3.8) is 0 Å². The van der Waals surface area contributed by atoms with Crippen molar-refractivity contribution in [2.45, 2.75) is 20.4 Å². The van der Waals surface area contributed by atoms with Gasteiger partial charge >= 0.3 is 5.97 Å². The highest BCUT2D eigenvalue weighted by atomic mass is 32.1. The summed E-state index contributed by atoms with van der Waals surface area (Å²) in [7, 11) is 1.62. The lowest BCUT2D eigenvalue weighted by atomic mass is 10.2. The summed E-state index contributed by atoms with van der Waals surface area (Å²) in [6, 6.07) is 17.2. The third-order valence-corrected chi connectivity index (χ3v) is 4.35. The molecule has 0 aliphatic heterocycles. The molecule has 0 aliphatic rings. The van der Waals surface area contributed by atoms with Crippen molar-refractivity contribution in [3.05, 3.63) is 60.2 Å². The van der Waals surface area contributed by atoms with Crippen LogP contribution in [0.15, 0.2) is 59.7 Å². The van der Waals surface area contributed by atoms with Crippen LogP contribution in [0.25, 0.3) is 0 Å². The van der Waals surface area contributed by atoms with E-state index in [0.29, 0.717) is 18.1 Å². The van der Waals surface area contributed by atoms with E-state index in [1.165, 1.54) is 0 Å². The maximum absolute atomic E-state index is 12.4. The normalized spacial score (nSPS) is 10.9. The number of rotatable bonds is 9. The molecule has 0 spiro atoms. The van der Waals surface area contributed by atoms with Gasteiger partial charge < -0.3 is 19.8 Å². The molecular weight excluding hydrogens is 374 g/mol. The highest BCUT2D eigenvalue weighted by molar-refractivity contribution is 7.82. The zero-order valence-electron chi connectivity index (χ0n) is 16.3. The number of carbonyl (C=O) groups excluding carboxylic acids is 1. The molecule has 148 valence electrons. The average Bonchev–Trinajstić information content (AvgIpc) is 2.73. The van der Waals surface area contributed by atoms with E-state index >= 15 is 0 Å². The lowest BCUT2D eigenvalue weighted by Gasteiger charge is -2.24. The van der Waals surface area contributed by atoms with Crippen molar-refractivity contribution in [1.82, 2.24) is 5.43 Å². The Bertz CT molecular complexity index is 807. The van der Waals surface area contributed by atoms with Crippen molar-refractivity contribution in [3.8, 4) is 5.75 Å². The number of carbonyl (C=O) groups is 1. The smallest absolute Gasteiger partial charge is 0.361 e. The highest BCUT2D eigenvalue weighted by Crippen LogP contribution is 2.15. The van der Waals surface area contributed by atoms with Gasteiger partial charge in [-0.15, -0.1) is 0 Å². The lowest BCUT2D eigenvalue weighted by molar-refractivity contribution is -0.134. The van der Waals surface area contributed by atoms with Crippen molar-refractivity contribution in [1.29, 1.82) is 0 Å². The summed E-state index contributed by atoms with van der Waals surface area (Å²) in [6.45, 7) is 4.99. The first-order valence-electron chi connectivity index (χ1n) is 9.08. The number of hydrogen-bond donors (Lipinski definition) is 1. The number of esters is 1. The van der Waals surface area contributed by atoms with Gasteiger partial charge in [0.05, 0.1) is 20.3 Å². The summed E-state index contributed by atoms with van der Waals surface area (Å²) >= 11 is 5.57. The molecular formula is C21H25N3O3S. The molecule has 2 rings (SSSR count). The summed E-state index contributed by atoms with van der Waals surface area (Å²) in [6.07, 6.45) is 0. The van der Waals surface area contributed by atoms with Crippen LogP contribution < -0.4 is 15.1 Å². The largest absolute Gasteiger partial charge is 0.497 e. The molecule has 0 saturated carbocycles. The van der Waals surface area contributed by atoms with E-state index in [4.69, 9.17) is 21.7 Å². The third-order valence-electron chi connectivity index (χ3n) is 3.93. The van der Waals surface area contributed by atoms with E-state index in [-0.39, 0.29) is 12.3 Å².